The quantitative estimate of drug-likeness (QED) is 0.572. The number of alkyl halides is 6. The van der Waals surface area contributed by atoms with Crippen molar-refractivity contribution in [1.82, 2.24) is 9.88 Å². The Morgan fingerprint density at radius 2 is 1.75 bits per heavy atom. The molecule has 1 spiro atoms. The van der Waals surface area contributed by atoms with Crippen LogP contribution in [0.15, 0.2) is 47.4 Å². The van der Waals surface area contributed by atoms with Gasteiger partial charge in [0.2, 0.25) is 5.88 Å². The van der Waals surface area contributed by atoms with Gasteiger partial charge in [0.05, 0.1) is 24.7 Å². The molecule has 0 aromatic carbocycles. The lowest BCUT2D eigenvalue weighted by Gasteiger charge is -2.23. The van der Waals surface area contributed by atoms with Gasteiger partial charge in [-0.25, -0.2) is 14.6 Å². The van der Waals surface area contributed by atoms with Crippen molar-refractivity contribution >= 4 is 11.9 Å². The molecule has 4 heterocycles. The van der Waals surface area contributed by atoms with Crippen LogP contribution >= 0.6 is 0 Å². The lowest BCUT2D eigenvalue weighted by molar-refractivity contribution is -0.193. The maximum atomic E-state index is 10.6. The van der Waals surface area contributed by atoms with Crippen molar-refractivity contribution in [2.75, 3.05) is 19.7 Å². The molecule has 15 heteroatoms. The van der Waals surface area contributed by atoms with E-state index in [1.807, 2.05) is 30.5 Å². The molecule has 0 amide bonds. The summed E-state index contributed by atoms with van der Waals surface area (Å²) in [6, 6.07) is 7.75. The molecule has 0 radical (unpaired) electrons. The van der Waals surface area contributed by atoms with E-state index in [9.17, 15) is 26.3 Å². The van der Waals surface area contributed by atoms with E-state index in [-0.39, 0.29) is 11.7 Å². The highest BCUT2D eigenvalue weighted by atomic mass is 19.4. The summed E-state index contributed by atoms with van der Waals surface area (Å²) in [4.78, 5) is 24.4. The summed E-state index contributed by atoms with van der Waals surface area (Å²) in [5.74, 6) is -4.83. The predicted molar refractivity (Wildman–Crippen MR) is 108 cm³/mol. The molecule has 2 saturated heterocycles. The van der Waals surface area contributed by atoms with E-state index in [0.29, 0.717) is 12.5 Å². The van der Waals surface area contributed by atoms with Crippen LogP contribution in [0.1, 0.15) is 18.4 Å². The van der Waals surface area contributed by atoms with Gasteiger partial charge in [0.15, 0.2) is 0 Å². The van der Waals surface area contributed by atoms with Gasteiger partial charge in [-0.3, -0.25) is 4.90 Å². The van der Waals surface area contributed by atoms with Crippen LogP contribution in [0.25, 0.3) is 0 Å². The molecule has 9 nitrogen and oxygen atoms in total. The summed E-state index contributed by atoms with van der Waals surface area (Å²) < 4.78 is 80.7. The molecule has 0 unspecified atom stereocenters. The third-order valence-electron chi connectivity index (χ3n) is 4.97. The van der Waals surface area contributed by atoms with E-state index in [2.05, 4.69) is 9.88 Å². The van der Waals surface area contributed by atoms with Gasteiger partial charge in [-0.15, -0.1) is 0 Å². The highest BCUT2D eigenvalue weighted by molar-refractivity contribution is 5.73. The van der Waals surface area contributed by atoms with Crippen molar-refractivity contribution in [2.45, 2.75) is 43.4 Å². The van der Waals surface area contributed by atoms with Gasteiger partial charge in [0, 0.05) is 43.9 Å². The summed E-state index contributed by atoms with van der Waals surface area (Å²) in [5, 5.41) is 14.2. The fraction of sp³-hybridized carbons (Fsp3) is 0.476. The van der Waals surface area contributed by atoms with E-state index in [1.54, 1.807) is 12.5 Å². The Morgan fingerprint density at radius 1 is 1.11 bits per heavy atom. The number of pyridine rings is 1. The Morgan fingerprint density at radius 3 is 2.25 bits per heavy atom. The average Bonchev–Trinajstić information content (AvgIpc) is 3.52. The van der Waals surface area contributed by atoms with Gasteiger partial charge in [-0.05, 0) is 18.6 Å². The van der Waals surface area contributed by atoms with Crippen LogP contribution in [0.3, 0.4) is 0 Å². The smallest absolute Gasteiger partial charge is 0.475 e. The number of carboxylic acid groups (broad SMARTS) is 2. The third-order valence-corrected chi connectivity index (χ3v) is 4.97. The molecule has 2 atom stereocenters. The Hall–Kier alpha value is -3.33. The van der Waals surface area contributed by atoms with Crippen LogP contribution in [0.4, 0.5) is 26.3 Å². The molecular weight excluding hydrogens is 506 g/mol. The van der Waals surface area contributed by atoms with Gasteiger partial charge in [0.25, 0.3) is 0 Å². The predicted octanol–water partition coefficient (Wildman–Crippen LogP) is 3.75. The first-order valence-electron chi connectivity index (χ1n) is 10.3. The summed E-state index contributed by atoms with van der Waals surface area (Å²) >= 11 is 0. The fourth-order valence-corrected chi connectivity index (χ4v) is 3.45. The summed E-state index contributed by atoms with van der Waals surface area (Å²) in [6.45, 7) is 3.59. The minimum absolute atomic E-state index is 0.0524. The summed E-state index contributed by atoms with van der Waals surface area (Å²) in [5.41, 5.74) is 1.17. The number of hydrogen-bond acceptors (Lipinski definition) is 7. The van der Waals surface area contributed by atoms with E-state index in [0.717, 1.165) is 32.5 Å². The zero-order valence-corrected chi connectivity index (χ0v) is 18.5. The number of halogens is 6. The number of furan rings is 1. The first kappa shape index (κ1) is 28.9. The van der Waals surface area contributed by atoms with Gasteiger partial charge in [-0.1, -0.05) is 6.07 Å². The lowest BCUT2D eigenvalue weighted by Crippen LogP contribution is -2.33. The largest absolute Gasteiger partial charge is 0.490 e. The minimum Gasteiger partial charge on any atom is -0.475 e. The second kappa shape index (κ2) is 12.1. The minimum atomic E-state index is -5.08. The second-order valence-corrected chi connectivity index (χ2v) is 7.80. The van der Waals surface area contributed by atoms with Crippen LogP contribution in [-0.2, 0) is 20.9 Å². The van der Waals surface area contributed by atoms with Crippen molar-refractivity contribution in [1.29, 1.82) is 0 Å². The maximum absolute atomic E-state index is 10.6. The van der Waals surface area contributed by atoms with Crippen molar-refractivity contribution in [3.8, 4) is 5.88 Å². The number of aromatic nitrogens is 1. The molecule has 2 aromatic rings. The van der Waals surface area contributed by atoms with Crippen LogP contribution in [0, 0.1) is 0 Å². The van der Waals surface area contributed by atoms with Gasteiger partial charge in [0.1, 0.15) is 6.10 Å². The number of carboxylic acids is 2. The number of hydrogen-bond donors (Lipinski definition) is 2. The molecule has 0 aliphatic carbocycles. The molecule has 0 bridgehead atoms. The molecular formula is C21H22F6N2O7. The van der Waals surface area contributed by atoms with Crippen LogP contribution in [0.5, 0.6) is 5.88 Å². The maximum Gasteiger partial charge on any atom is 0.490 e. The van der Waals surface area contributed by atoms with E-state index < -0.39 is 24.3 Å². The van der Waals surface area contributed by atoms with Crippen LogP contribution in [-0.4, -0.2) is 75.8 Å². The van der Waals surface area contributed by atoms with E-state index in [1.165, 1.54) is 5.56 Å². The Bertz CT molecular complexity index is 945. The standard InChI is InChI=1S/C17H20N2O3.2C2HF3O2/c1-2-6-18-16(3-1)22-15-9-17(21-12-15)5-7-19(13-17)10-14-4-8-20-11-14;2*3-2(4,5)1(6)7/h1-4,6,8,11,15H,5,7,9-10,12-13H2;2*(H,6,7)/t15-,17-;;/m0../s1. The van der Waals surface area contributed by atoms with Crippen LogP contribution in [0.2, 0.25) is 0 Å². The number of carbonyl (C=O) groups is 2. The fourth-order valence-electron chi connectivity index (χ4n) is 3.45. The normalized spacial score (nSPS) is 21.8. The van der Waals surface area contributed by atoms with E-state index in [4.69, 9.17) is 33.7 Å². The SMILES string of the molecule is O=C(O)C(F)(F)F.O=C(O)C(F)(F)F.c1ccc(O[C@@H]2CO[C@@]3(CCN(Cc4ccoc4)C3)C2)nc1. The van der Waals surface area contributed by atoms with Crippen molar-refractivity contribution in [3.05, 3.63) is 48.6 Å². The molecule has 2 N–H and O–H groups in total. The highest BCUT2D eigenvalue weighted by Crippen LogP contribution is 2.36. The van der Waals surface area contributed by atoms with Crippen molar-refractivity contribution in [3.63, 3.8) is 0 Å². The van der Waals surface area contributed by atoms with Gasteiger partial charge in [-0.2, -0.15) is 26.3 Å². The van der Waals surface area contributed by atoms with Gasteiger partial charge < -0.3 is 24.1 Å². The molecule has 200 valence electrons. The summed E-state index contributed by atoms with van der Waals surface area (Å²) in [7, 11) is 0. The summed E-state index contributed by atoms with van der Waals surface area (Å²) in [6.07, 6.45) is -2.78. The third kappa shape index (κ3) is 9.37. The zero-order valence-electron chi connectivity index (χ0n) is 18.5. The monoisotopic (exact) mass is 528 g/mol. The average molecular weight is 528 g/mol. The van der Waals surface area contributed by atoms with E-state index >= 15 is 0 Å². The number of ether oxygens (including phenoxy) is 2. The molecule has 2 aliphatic rings. The van der Waals surface area contributed by atoms with Crippen LogP contribution < -0.4 is 4.74 Å². The number of rotatable bonds is 4. The zero-order chi connectivity index (χ0) is 27.0. The topological polar surface area (TPSA) is 122 Å². The first-order valence-corrected chi connectivity index (χ1v) is 10.3. The van der Waals surface area contributed by atoms with Gasteiger partial charge >= 0.3 is 24.3 Å². The highest BCUT2D eigenvalue weighted by Gasteiger charge is 2.46. The Labute approximate surface area is 200 Å². The number of nitrogens with zero attached hydrogens (tertiary/aromatic N) is 2. The Balaban J connectivity index is 0.000000271. The number of aliphatic carboxylic acids is 2. The Kier molecular flexibility index (Phi) is 9.69. The van der Waals surface area contributed by atoms with Crippen molar-refractivity contribution in [2.24, 2.45) is 0 Å². The lowest BCUT2D eigenvalue weighted by atomic mass is 9.98. The molecule has 2 aliphatic heterocycles. The molecule has 36 heavy (non-hydrogen) atoms. The number of likely N-dealkylation sites (tertiary alicyclic amines) is 1. The second-order valence-electron chi connectivity index (χ2n) is 7.80. The molecule has 2 aromatic heterocycles. The molecule has 2 fully saturated rings. The first-order chi connectivity index (χ1) is 16.7. The molecule has 4 rings (SSSR count). The van der Waals surface area contributed by atoms with Crippen molar-refractivity contribution < 1.29 is 60.0 Å². The molecule has 0 saturated carbocycles.